The van der Waals surface area contributed by atoms with Crippen molar-refractivity contribution in [3.05, 3.63) is 0 Å². The van der Waals surface area contributed by atoms with Crippen LogP contribution in [0.3, 0.4) is 0 Å². The van der Waals surface area contributed by atoms with Crippen molar-refractivity contribution in [2.24, 2.45) is 11.8 Å². The zero-order valence-corrected chi connectivity index (χ0v) is 9.20. The maximum atomic E-state index is 5.77. The first-order valence-corrected chi connectivity index (χ1v) is 6.15. The van der Waals surface area contributed by atoms with Crippen LogP contribution in [0.15, 0.2) is 0 Å². The van der Waals surface area contributed by atoms with Gasteiger partial charge in [-0.3, -0.25) is 0 Å². The highest BCUT2D eigenvalue weighted by atomic mass is 16.5. The molecule has 3 aliphatic rings. The lowest BCUT2D eigenvalue weighted by molar-refractivity contribution is 0.0592. The topological polar surface area (TPSA) is 21.3 Å². The van der Waals surface area contributed by atoms with Gasteiger partial charge in [-0.1, -0.05) is 0 Å². The van der Waals surface area contributed by atoms with Gasteiger partial charge in [0.25, 0.3) is 0 Å². The Morgan fingerprint density at radius 1 is 1.07 bits per heavy atom. The Kier molecular flexibility index (Phi) is 2.10. The summed E-state index contributed by atoms with van der Waals surface area (Å²) in [5.41, 5.74) is 0. The SMILES string of the molecule is CC1CC(NC2CC[C@@H]3C[C@H]23)C(C)O1. The zero-order chi connectivity index (χ0) is 9.71. The van der Waals surface area contributed by atoms with Crippen molar-refractivity contribution in [3.8, 4) is 0 Å². The number of hydrogen-bond donors (Lipinski definition) is 1. The van der Waals surface area contributed by atoms with Crippen LogP contribution in [0, 0.1) is 11.8 Å². The highest BCUT2D eigenvalue weighted by Gasteiger charge is 2.49. The minimum atomic E-state index is 0.419. The maximum Gasteiger partial charge on any atom is 0.0704 e. The molecule has 2 nitrogen and oxygen atoms in total. The quantitative estimate of drug-likeness (QED) is 0.727. The third kappa shape index (κ3) is 1.49. The lowest BCUT2D eigenvalue weighted by atomic mass is 10.1. The van der Waals surface area contributed by atoms with E-state index < -0.39 is 0 Å². The van der Waals surface area contributed by atoms with Gasteiger partial charge in [0.1, 0.15) is 0 Å². The van der Waals surface area contributed by atoms with Crippen molar-refractivity contribution in [2.45, 2.75) is 63.8 Å². The number of rotatable bonds is 2. The summed E-state index contributed by atoms with van der Waals surface area (Å²) in [6.07, 6.45) is 6.46. The van der Waals surface area contributed by atoms with Crippen molar-refractivity contribution in [1.29, 1.82) is 0 Å². The summed E-state index contributed by atoms with van der Waals surface area (Å²) in [4.78, 5) is 0. The monoisotopic (exact) mass is 195 g/mol. The first-order valence-electron chi connectivity index (χ1n) is 6.15. The van der Waals surface area contributed by atoms with Gasteiger partial charge in [0.05, 0.1) is 12.2 Å². The molecule has 1 aliphatic heterocycles. The summed E-state index contributed by atoms with van der Waals surface area (Å²) in [5, 5.41) is 3.82. The molecule has 0 aromatic rings. The standard InChI is InChI=1S/C12H21NO/c1-7-5-12(8(2)14-7)13-11-4-3-9-6-10(9)11/h7-13H,3-6H2,1-2H3/t7?,8?,9-,10+,11?,12?/m1/s1. The van der Waals surface area contributed by atoms with Gasteiger partial charge in [0.15, 0.2) is 0 Å². The highest BCUT2D eigenvalue weighted by molar-refractivity contribution is 5.03. The first kappa shape index (κ1) is 9.17. The first-order chi connectivity index (χ1) is 6.74. The average Bonchev–Trinajstić information content (AvgIpc) is 2.72. The molecular formula is C12H21NO. The summed E-state index contributed by atoms with van der Waals surface area (Å²) in [5.74, 6) is 2.11. The minimum absolute atomic E-state index is 0.419. The highest BCUT2D eigenvalue weighted by Crippen LogP contribution is 2.52. The fourth-order valence-corrected chi connectivity index (χ4v) is 3.45. The van der Waals surface area contributed by atoms with E-state index in [9.17, 15) is 0 Å². The molecule has 2 heteroatoms. The second-order valence-electron chi connectivity index (χ2n) is 5.50. The second-order valence-corrected chi connectivity index (χ2v) is 5.50. The fraction of sp³-hybridized carbons (Fsp3) is 1.00. The van der Waals surface area contributed by atoms with Crippen LogP contribution in [0.4, 0.5) is 0 Å². The summed E-state index contributed by atoms with van der Waals surface area (Å²) in [7, 11) is 0. The Bertz CT molecular complexity index is 230. The number of fused-ring (bicyclic) bond motifs is 1. The van der Waals surface area contributed by atoms with E-state index in [2.05, 4.69) is 19.2 Å². The van der Waals surface area contributed by atoms with Gasteiger partial charge < -0.3 is 10.1 Å². The normalized spacial score (nSPS) is 56.1. The van der Waals surface area contributed by atoms with Gasteiger partial charge >= 0.3 is 0 Å². The van der Waals surface area contributed by atoms with Crippen LogP contribution >= 0.6 is 0 Å². The molecule has 0 spiro atoms. The van der Waals surface area contributed by atoms with E-state index in [1.54, 1.807) is 0 Å². The lowest BCUT2D eigenvalue weighted by Crippen LogP contribution is -2.42. The molecule has 0 radical (unpaired) electrons. The molecule has 0 aromatic carbocycles. The molecule has 0 amide bonds. The minimum Gasteiger partial charge on any atom is -0.374 e. The van der Waals surface area contributed by atoms with Gasteiger partial charge in [-0.05, 0) is 51.4 Å². The van der Waals surface area contributed by atoms with Crippen LogP contribution in [0.5, 0.6) is 0 Å². The van der Waals surface area contributed by atoms with E-state index >= 15 is 0 Å². The zero-order valence-electron chi connectivity index (χ0n) is 9.20. The Hall–Kier alpha value is -0.0800. The van der Waals surface area contributed by atoms with E-state index in [0.29, 0.717) is 18.2 Å². The Labute approximate surface area is 86.4 Å². The van der Waals surface area contributed by atoms with Crippen molar-refractivity contribution in [2.75, 3.05) is 0 Å². The Morgan fingerprint density at radius 3 is 2.43 bits per heavy atom. The largest absolute Gasteiger partial charge is 0.374 e. The Morgan fingerprint density at radius 2 is 1.93 bits per heavy atom. The molecule has 1 saturated heterocycles. The summed E-state index contributed by atoms with van der Waals surface area (Å²) < 4.78 is 5.77. The molecule has 1 heterocycles. The van der Waals surface area contributed by atoms with E-state index in [-0.39, 0.29) is 0 Å². The lowest BCUT2D eigenvalue weighted by Gasteiger charge is -2.22. The summed E-state index contributed by atoms with van der Waals surface area (Å²) in [6.45, 7) is 4.40. The predicted octanol–water partition coefficient (Wildman–Crippen LogP) is 1.94. The van der Waals surface area contributed by atoms with Crippen molar-refractivity contribution in [3.63, 3.8) is 0 Å². The third-order valence-electron chi connectivity index (χ3n) is 4.37. The molecule has 2 saturated carbocycles. The fourth-order valence-electron chi connectivity index (χ4n) is 3.45. The van der Waals surface area contributed by atoms with Gasteiger partial charge in [-0.25, -0.2) is 0 Å². The van der Waals surface area contributed by atoms with Crippen molar-refractivity contribution < 1.29 is 4.74 Å². The van der Waals surface area contributed by atoms with Gasteiger partial charge in [0, 0.05) is 12.1 Å². The van der Waals surface area contributed by atoms with Crippen LogP contribution in [0.2, 0.25) is 0 Å². The molecule has 0 aromatic heterocycles. The molecule has 4 unspecified atom stereocenters. The summed E-state index contributed by atoms with van der Waals surface area (Å²) >= 11 is 0. The number of hydrogen-bond acceptors (Lipinski definition) is 2. The van der Waals surface area contributed by atoms with E-state index in [1.807, 2.05) is 0 Å². The van der Waals surface area contributed by atoms with E-state index in [1.165, 1.54) is 25.7 Å². The van der Waals surface area contributed by atoms with Crippen LogP contribution in [0.1, 0.15) is 39.5 Å². The molecule has 3 rings (SSSR count). The molecule has 3 fully saturated rings. The van der Waals surface area contributed by atoms with Crippen molar-refractivity contribution >= 4 is 0 Å². The van der Waals surface area contributed by atoms with Gasteiger partial charge in [-0.15, -0.1) is 0 Å². The third-order valence-corrected chi connectivity index (χ3v) is 4.37. The predicted molar refractivity (Wildman–Crippen MR) is 56.2 cm³/mol. The summed E-state index contributed by atoms with van der Waals surface area (Å²) in [6, 6.07) is 1.44. The van der Waals surface area contributed by atoms with Crippen LogP contribution < -0.4 is 5.32 Å². The van der Waals surface area contributed by atoms with Crippen molar-refractivity contribution in [1.82, 2.24) is 5.32 Å². The molecule has 0 bridgehead atoms. The molecule has 1 N–H and O–H groups in total. The van der Waals surface area contributed by atoms with E-state index in [4.69, 9.17) is 4.74 Å². The maximum absolute atomic E-state index is 5.77. The molecule has 80 valence electrons. The van der Waals surface area contributed by atoms with E-state index in [0.717, 1.165) is 17.9 Å². The molecular weight excluding hydrogens is 174 g/mol. The molecule has 2 aliphatic carbocycles. The second kappa shape index (κ2) is 3.21. The smallest absolute Gasteiger partial charge is 0.0704 e. The molecule has 6 atom stereocenters. The van der Waals surface area contributed by atoms with Gasteiger partial charge in [0.2, 0.25) is 0 Å². The Balaban J connectivity index is 1.56. The van der Waals surface area contributed by atoms with Crippen LogP contribution in [0.25, 0.3) is 0 Å². The van der Waals surface area contributed by atoms with Crippen LogP contribution in [-0.2, 0) is 4.74 Å². The average molecular weight is 195 g/mol. The number of ether oxygens (including phenoxy) is 1. The number of nitrogens with one attached hydrogen (secondary N) is 1. The van der Waals surface area contributed by atoms with Crippen LogP contribution in [-0.4, -0.2) is 24.3 Å². The van der Waals surface area contributed by atoms with Gasteiger partial charge in [-0.2, -0.15) is 0 Å². The molecule has 14 heavy (non-hydrogen) atoms.